The lowest BCUT2D eigenvalue weighted by atomic mass is 9.93. The van der Waals surface area contributed by atoms with Crippen molar-refractivity contribution >= 4 is 23.7 Å². The van der Waals surface area contributed by atoms with Gasteiger partial charge in [0.25, 0.3) is 0 Å². The number of cyclic esters (lactones) is 1. The van der Waals surface area contributed by atoms with Gasteiger partial charge in [0.15, 0.2) is 0 Å². The van der Waals surface area contributed by atoms with Crippen LogP contribution in [0.3, 0.4) is 0 Å². The van der Waals surface area contributed by atoms with Crippen LogP contribution in [0.5, 0.6) is 5.75 Å². The van der Waals surface area contributed by atoms with Crippen LogP contribution < -0.4 is 15.4 Å². The first kappa shape index (κ1) is 28.5. The molecule has 0 spiro atoms. The fourth-order valence-corrected chi connectivity index (χ4v) is 4.56. The molecule has 1 saturated heterocycles. The first-order chi connectivity index (χ1) is 17.8. The third-order valence-electron chi connectivity index (χ3n) is 6.76. The summed E-state index contributed by atoms with van der Waals surface area (Å²) in [7, 11) is 3.07. The van der Waals surface area contributed by atoms with Crippen LogP contribution >= 0.6 is 0 Å². The van der Waals surface area contributed by atoms with Crippen molar-refractivity contribution in [2.24, 2.45) is 0 Å². The van der Waals surface area contributed by atoms with Crippen LogP contribution in [0.2, 0.25) is 0 Å². The number of rotatable bonds is 12. The van der Waals surface area contributed by atoms with E-state index in [4.69, 9.17) is 18.9 Å². The van der Waals surface area contributed by atoms with Gasteiger partial charge in [0.1, 0.15) is 12.4 Å². The van der Waals surface area contributed by atoms with E-state index in [0.717, 1.165) is 56.8 Å². The Hall–Kier alpha value is -3.11. The molecule has 10 heteroatoms. The summed E-state index contributed by atoms with van der Waals surface area (Å²) in [5.41, 5.74) is 3.95. The van der Waals surface area contributed by atoms with Crippen LogP contribution in [-0.4, -0.2) is 76.5 Å². The summed E-state index contributed by atoms with van der Waals surface area (Å²) >= 11 is 0. The normalized spacial score (nSPS) is 15.7. The standard InChI is InChI=1S/C27H39N3O7/c1-18(8-10-22(31)36-14-6-5-11-30-12-15-35-16-13-30)7-9-20-24(29-27(33)28-3)23-21(17-37-26(23)32)19(2)25(20)34-4/h7H,5-6,8-17H2,1-4H3,(H2,28,29,33). The monoisotopic (exact) mass is 517 g/mol. The van der Waals surface area contributed by atoms with Crippen molar-refractivity contribution in [3.63, 3.8) is 0 Å². The number of ether oxygens (including phenoxy) is 4. The van der Waals surface area contributed by atoms with Gasteiger partial charge in [0.05, 0.1) is 38.2 Å². The number of morpholine rings is 1. The fraction of sp³-hybridized carbons (Fsp3) is 0.593. The third-order valence-corrected chi connectivity index (χ3v) is 6.76. The molecule has 3 rings (SSSR count). The van der Waals surface area contributed by atoms with Gasteiger partial charge in [-0.25, -0.2) is 9.59 Å². The smallest absolute Gasteiger partial charge is 0.341 e. The zero-order chi connectivity index (χ0) is 26.8. The number of methoxy groups -OCH3 is 1. The van der Waals surface area contributed by atoms with E-state index in [0.29, 0.717) is 54.0 Å². The first-order valence-corrected chi connectivity index (χ1v) is 12.8. The molecule has 0 aliphatic carbocycles. The van der Waals surface area contributed by atoms with Crippen molar-refractivity contribution in [3.8, 4) is 5.75 Å². The summed E-state index contributed by atoms with van der Waals surface area (Å²) in [5, 5.41) is 5.30. The van der Waals surface area contributed by atoms with Crippen molar-refractivity contribution in [1.82, 2.24) is 10.2 Å². The van der Waals surface area contributed by atoms with Gasteiger partial charge in [-0.3, -0.25) is 9.69 Å². The van der Waals surface area contributed by atoms with Crippen LogP contribution in [-0.2, 0) is 32.0 Å². The minimum absolute atomic E-state index is 0.142. The predicted molar refractivity (Wildman–Crippen MR) is 139 cm³/mol. The number of fused-ring (bicyclic) bond motifs is 1. The van der Waals surface area contributed by atoms with E-state index in [1.807, 2.05) is 19.9 Å². The number of allylic oxidation sites excluding steroid dienone is 2. The maximum absolute atomic E-state index is 12.5. The number of anilines is 1. The number of carbonyl (C=O) groups excluding carboxylic acids is 3. The molecular formula is C27H39N3O7. The Kier molecular flexibility index (Phi) is 10.8. The van der Waals surface area contributed by atoms with Gasteiger partial charge >= 0.3 is 18.0 Å². The lowest BCUT2D eigenvalue weighted by Gasteiger charge is -2.26. The number of unbranched alkanes of at least 4 members (excludes halogenated alkanes) is 1. The molecule has 1 aromatic rings. The van der Waals surface area contributed by atoms with Crippen LogP contribution in [0.1, 0.15) is 59.7 Å². The first-order valence-electron chi connectivity index (χ1n) is 12.8. The summed E-state index contributed by atoms with van der Waals surface area (Å²) in [6.07, 6.45) is 5.08. The summed E-state index contributed by atoms with van der Waals surface area (Å²) in [5.74, 6) is -0.0828. The van der Waals surface area contributed by atoms with Crippen molar-refractivity contribution in [1.29, 1.82) is 0 Å². The van der Waals surface area contributed by atoms with Gasteiger partial charge in [-0.05, 0) is 51.6 Å². The number of benzene rings is 1. The number of hydrogen-bond donors (Lipinski definition) is 2. The topological polar surface area (TPSA) is 115 Å². The Bertz CT molecular complexity index is 1020. The lowest BCUT2D eigenvalue weighted by Crippen LogP contribution is -2.36. The minimum atomic E-state index is -0.471. The van der Waals surface area contributed by atoms with E-state index in [1.165, 1.54) is 7.05 Å². The lowest BCUT2D eigenvalue weighted by molar-refractivity contribution is -0.143. The van der Waals surface area contributed by atoms with Crippen molar-refractivity contribution < 1.29 is 33.3 Å². The van der Waals surface area contributed by atoms with Gasteiger partial charge in [0.2, 0.25) is 0 Å². The van der Waals surface area contributed by atoms with Crippen molar-refractivity contribution in [3.05, 3.63) is 33.9 Å². The Labute approximate surface area is 218 Å². The van der Waals surface area contributed by atoms with Gasteiger partial charge in [0, 0.05) is 37.7 Å². The zero-order valence-corrected chi connectivity index (χ0v) is 22.4. The average molecular weight is 518 g/mol. The summed E-state index contributed by atoms with van der Waals surface area (Å²) in [4.78, 5) is 39.2. The molecular weight excluding hydrogens is 478 g/mol. The Morgan fingerprint density at radius 1 is 1.16 bits per heavy atom. The largest absolute Gasteiger partial charge is 0.496 e. The molecule has 0 aromatic heterocycles. The van der Waals surface area contributed by atoms with Crippen LogP contribution in [0.15, 0.2) is 11.6 Å². The van der Waals surface area contributed by atoms with Gasteiger partial charge in [-0.15, -0.1) is 0 Å². The second kappa shape index (κ2) is 14.0. The van der Waals surface area contributed by atoms with Gasteiger partial charge < -0.3 is 29.6 Å². The van der Waals surface area contributed by atoms with Crippen LogP contribution in [0, 0.1) is 6.92 Å². The third kappa shape index (κ3) is 7.69. The second-order valence-corrected chi connectivity index (χ2v) is 9.28. The van der Waals surface area contributed by atoms with E-state index in [2.05, 4.69) is 15.5 Å². The van der Waals surface area contributed by atoms with Gasteiger partial charge in [-0.1, -0.05) is 11.6 Å². The molecule has 1 aromatic carbocycles. The molecule has 0 saturated carbocycles. The minimum Gasteiger partial charge on any atom is -0.496 e. The maximum atomic E-state index is 12.5. The molecule has 2 heterocycles. The van der Waals surface area contributed by atoms with Crippen molar-refractivity contribution in [2.45, 2.75) is 52.6 Å². The summed E-state index contributed by atoms with van der Waals surface area (Å²) < 4.78 is 21.7. The number of hydrogen-bond acceptors (Lipinski definition) is 8. The molecule has 0 bridgehead atoms. The highest BCUT2D eigenvalue weighted by atomic mass is 16.5. The number of urea groups is 1. The number of amides is 2. The average Bonchev–Trinajstić information content (AvgIpc) is 3.29. The molecule has 0 radical (unpaired) electrons. The molecule has 2 amide bonds. The molecule has 2 N–H and O–H groups in total. The van der Waals surface area contributed by atoms with Crippen LogP contribution in [0.25, 0.3) is 0 Å². The SMILES string of the molecule is CNC(=O)Nc1c(CC=C(C)CCC(=O)OCCCCN2CCOCC2)c(OC)c(C)c2c1C(=O)OC2. The Balaban J connectivity index is 1.56. The quantitative estimate of drug-likeness (QED) is 0.246. The van der Waals surface area contributed by atoms with Crippen molar-refractivity contribution in [2.75, 3.05) is 58.9 Å². The summed E-state index contributed by atoms with van der Waals surface area (Å²) in [6, 6.07) is -0.442. The predicted octanol–water partition coefficient (Wildman–Crippen LogP) is 3.35. The van der Waals surface area contributed by atoms with E-state index in [9.17, 15) is 14.4 Å². The number of nitrogens with zero attached hydrogens (tertiary/aromatic N) is 1. The fourth-order valence-electron chi connectivity index (χ4n) is 4.56. The maximum Gasteiger partial charge on any atom is 0.341 e. The molecule has 1 fully saturated rings. The van der Waals surface area contributed by atoms with Gasteiger partial charge in [-0.2, -0.15) is 0 Å². The Morgan fingerprint density at radius 3 is 2.62 bits per heavy atom. The molecule has 2 aliphatic rings. The molecule has 37 heavy (non-hydrogen) atoms. The Morgan fingerprint density at radius 2 is 1.92 bits per heavy atom. The highest BCUT2D eigenvalue weighted by Gasteiger charge is 2.32. The van der Waals surface area contributed by atoms with E-state index >= 15 is 0 Å². The van der Waals surface area contributed by atoms with E-state index in [-0.39, 0.29) is 12.6 Å². The molecule has 0 atom stereocenters. The van der Waals surface area contributed by atoms with E-state index in [1.54, 1.807) is 7.11 Å². The van der Waals surface area contributed by atoms with Crippen LogP contribution in [0.4, 0.5) is 10.5 Å². The van der Waals surface area contributed by atoms with E-state index < -0.39 is 12.0 Å². The molecule has 10 nitrogen and oxygen atoms in total. The number of nitrogens with one attached hydrogen (secondary N) is 2. The summed E-state index contributed by atoms with van der Waals surface area (Å²) in [6.45, 7) is 8.92. The highest BCUT2D eigenvalue weighted by molar-refractivity contribution is 6.05. The number of esters is 2. The zero-order valence-electron chi connectivity index (χ0n) is 22.4. The second-order valence-electron chi connectivity index (χ2n) is 9.28. The highest BCUT2D eigenvalue weighted by Crippen LogP contribution is 2.41. The molecule has 0 unspecified atom stereocenters. The number of carbonyl (C=O) groups is 3. The molecule has 2 aliphatic heterocycles. The molecule has 204 valence electrons.